The SMILES string of the molecule is Cc1ccc(OCCCCCCCCCCOc2ccc(OC(F)(F)F)c(O)c2)cc1O. The maximum Gasteiger partial charge on any atom is 0.573 e. The van der Waals surface area contributed by atoms with Gasteiger partial charge in [0.15, 0.2) is 11.5 Å². The van der Waals surface area contributed by atoms with Crippen LogP contribution in [0.15, 0.2) is 36.4 Å². The standard InChI is InChI=1S/C24H31F3O5/c1-18-10-11-19(16-21(18)28)30-14-8-6-4-2-3-5-7-9-15-31-20-12-13-23(22(29)17-20)32-24(25,26)27/h10-13,16-17,28-29H,2-9,14-15H2,1H3. The summed E-state index contributed by atoms with van der Waals surface area (Å²) in [5, 5.41) is 19.2. The van der Waals surface area contributed by atoms with E-state index in [1.807, 2.05) is 19.1 Å². The minimum atomic E-state index is -4.85. The fourth-order valence-electron chi connectivity index (χ4n) is 3.12. The summed E-state index contributed by atoms with van der Waals surface area (Å²) in [6.45, 7) is 2.92. The summed E-state index contributed by atoms with van der Waals surface area (Å²) in [5.41, 5.74) is 0.830. The van der Waals surface area contributed by atoms with Gasteiger partial charge in [0.2, 0.25) is 0 Å². The van der Waals surface area contributed by atoms with Crippen LogP contribution < -0.4 is 14.2 Å². The molecule has 0 aliphatic carbocycles. The number of rotatable bonds is 14. The molecule has 2 rings (SSSR count). The van der Waals surface area contributed by atoms with Gasteiger partial charge in [-0.25, -0.2) is 0 Å². The lowest BCUT2D eigenvalue weighted by atomic mass is 10.1. The van der Waals surface area contributed by atoms with Crippen molar-refractivity contribution in [3.63, 3.8) is 0 Å². The second-order valence-corrected chi connectivity index (χ2v) is 7.65. The van der Waals surface area contributed by atoms with Crippen LogP contribution in [0.3, 0.4) is 0 Å². The molecule has 0 atom stereocenters. The zero-order valence-corrected chi connectivity index (χ0v) is 18.3. The van der Waals surface area contributed by atoms with Crippen LogP contribution in [0.25, 0.3) is 0 Å². The molecule has 0 spiro atoms. The van der Waals surface area contributed by atoms with Gasteiger partial charge >= 0.3 is 6.36 Å². The first-order valence-electron chi connectivity index (χ1n) is 10.9. The number of ether oxygens (including phenoxy) is 3. The van der Waals surface area contributed by atoms with Crippen LogP contribution in [0.4, 0.5) is 13.2 Å². The van der Waals surface area contributed by atoms with Gasteiger partial charge in [-0.1, -0.05) is 44.6 Å². The molecule has 8 heteroatoms. The van der Waals surface area contributed by atoms with Gasteiger partial charge in [0.1, 0.15) is 17.2 Å². The Balaban J connectivity index is 1.44. The predicted octanol–water partition coefficient (Wildman–Crippen LogP) is 6.88. The minimum Gasteiger partial charge on any atom is -0.508 e. The van der Waals surface area contributed by atoms with Crippen molar-refractivity contribution in [2.24, 2.45) is 0 Å². The first-order valence-corrected chi connectivity index (χ1v) is 10.9. The van der Waals surface area contributed by atoms with Crippen LogP contribution in [0.2, 0.25) is 0 Å². The van der Waals surface area contributed by atoms with Gasteiger partial charge in [-0.3, -0.25) is 0 Å². The average Bonchev–Trinajstić information content (AvgIpc) is 2.72. The highest BCUT2D eigenvalue weighted by atomic mass is 19.4. The van der Waals surface area contributed by atoms with E-state index in [1.54, 1.807) is 6.07 Å². The Bertz CT molecular complexity index is 824. The van der Waals surface area contributed by atoms with Crippen molar-refractivity contribution in [3.05, 3.63) is 42.0 Å². The molecule has 178 valence electrons. The van der Waals surface area contributed by atoms with E-state index >= 15 is 0 Å². The minimum absolute atomic E-state index is 0.250. The number of aromatic hydroxyl groups is 2. The number of hydrogen-bond acceptors (Lipinski definition) is 5. The molecule has 0 aliphatic rings. The third kappa shape index (κ3) is 10.0. The smallest absolute Gasteiger partial charge is 0.508 e. The Labute approximate surface area is 186 Å². The fraction of sp³-hybridized carbons (Fsp3) is 0.500. The first-order chi connectivity index (χ1) is 15.2. The highest BCUT2D eigenvalue weighted by Crippen LogP contribution is 2.34. The zero-order chi connectivity index (χ0) is 23.4. The van der Waals surface area contributed by atoms with Gasteiger partial charge in [0.05, 0.1) is 13.2 Å². The van der Waals surface area contributed by atoms with Crippen LogP contribution in [-0.4, -0.2) is 29.8 Å². The first kappa shape index (κ1) is 25.5. The van der Waals surface area contributed by atoms with Crippen LogP contribution in [0, 0.1) is 6.92 Å². The normalized spacial score (nSPS) is 11.4. The van der Waals surface area contributed by atoms with Crippen molar-refractivity contribution in [3.8, 4) is 28.7 Å². The third-order valence-corrected chi connectivity index (χ3v) is 4.91. The van der Waals surface area contributed by atoms with E-state index in [2.05, 4.69) is 4.74 Å². The molecule has 0 aliphatic heterocycles. The molecule has 2 aromatic carbocycles. The third-order valence-electron chi connectivity index (χ3n) is 4.91. The van der Waals surface area contributed by atoms with Crippen LogP contribution in [-0.2, 0) is 0 Å². The molecule has 0 aromatic heterocycles. The van der Waals surface area contributed by atoms with E-state index in [-0.39, 0.29) is 5.75 Å². The van der Waals surface area contributed by atoms with Gasteiger partial charge in [0, 0.05) is 12.1 Å². The summed E-state index contributed by atoms with van der Waals surface area (Å²) in [6.07, 6.45) is 3.58. The van der Waals surface area contributed by atoms with Crippen molar-refractivity contribution < 1.29 is 37.6 Å². The quantitative estimate of drug-likeness (QED) is 0.303. The molecule has 32 heavy (non-hydrogen) atoms. The predicted molar refractivity (Wildman–Crippen MR) is 116 cm³/mol. The highest BCUT2D eigenvalue weighted by molar-refractivity contribution is 5.44. The van der Waals surface area contributed by atoms with Crippen molar-refractivity contribution in [2.45, 2.75) is 64.7 Å². The number of benzene rings is 2. The summed E-state index contributed by atoms with van der Waals surface area (Å²) in [7, 11) is 0. The highest BCUT2D eigenvalue weighted by Gasteiger charge is 2.32. The molecule has 0 saturated heterocycles. The second-order valence-electron chi connectivity index (χ2n) is 7.65. The lowest BCUT2D eigenvalue weighted by Crippen LogP contribution is -2.17. The van der Waals surface area contributed by atoms with Crippen LogP contribution >= 0.6 is 0 Å². The number of unbranched alkanes of at least 4 members (excludes halogenated alkanes) is 7. The van der Waals surface area contributed by atoms with Crippen molar-refractivity contribution >= 4 is 0 Å². The van der Waals surface area contributed by atoms with Gasteiger partial charge in [-0.15, -0.1) is 13.2 Å². The Kier molecular flexibility index (Phi) is 10.3. The van der Waals surface area contributed by atoms with E-state index in [0.29, 0.717) is 24.7 Å². The van der Waals surface area contributed by atoms with E-state index in [1.165, 1.54) is 6.07 Å². The summed E-state index contributed by atoms with van der Waals surface area (Å²) < 4.78 is 51.4. The summed E-state index contributed by atoms with van der Waals surface area (Å²) in [6, 6.07) is 8.83. The lowest BCUT2D eigenvalue weighted by Gasteiger charge is -2.12. The van der Waals surface area contributed by atoms with Gasteiger partial charge < -0.3 is 24.4 Å². The number of aryl methyl sites for hydroxylation is 1. The number of alkyl halides is 3. The van der Waals surface area contributed by atoms with Crippen molar-refractivity contribution in [2.75, 3.05) is 13.2 Å². The maximum atomic E-state index is 12.2. The van der Waals surface area contributed by atoms with Crippen molar-refractivity contribution in [1.82, 2.24) is 0 Å². The van der Waals surface area contributed by atoms with E-state index in [9.17, 15) is 23.4 Å². The molecule has 0 heterocycles. The maximum absolute atomic E-state index is 12.2. The molecule has 0 unspecified atom stereocenters. The lowest BCUT2D eigenvalue weighted by molar-refractivity contribution is -0.275. The van der Waals surface area contributed by atoms with E-state index < -0.39 is 17.9 Å². The van der Waals surface area contributed by atoms with Gasteiger partial charge in [-0.2, -0.15) is 0 Å². The largest absolute Gasteiger partial charge is 0.573 e. The molecule has 2 aromatic rings. The molecule has 0 fully saturated rings. The summed E-state index contributed by atoms with van der Waals surface area (Å²) >= 11 is 0. The fourth-order valence-corrected chi connectivity index (χ4v) is 3.12. The van der Waals surface area contributed by atoms with Crippen LogP contribution in [0.5, 0.6) is 28.7 Å². The topological polar surface area (TPSA) is 68.2 Å². The second kappa shape index (κ2) is 12.9. The molecule has 0 saturated carbocycles. The Morgan fingerprint density at radius 3 is 1.62 bits per heavy atom. The molecule has 0 radical (unpaired) electrons. The Hall–Kier alpha value is -2.77. The average molecular weight is 457 g/mol. The van der Waals surface area contributed by atoms with Crippen LogP contribution in [0.1, 0.15) is 56.9 Å². The van der Waals surface area contributed by atoms with Gasteiger partial charge in [-0.05, 0) is 43.5 Å². The number of phenolic OH excluding ortho intramolecular Hbond substituents is 2. The van der Waals surface area contributed by atoms with Crippen molar-refractivity contribution in [1.29, 1.82) is 0 Å². The Morgan fingerprint density at radius 2 is 1.16 bits per heavy atom. The molecular weight excluding hydrogens is 425 g/mol. The monoisotopic (exact) mass is 456 g/mol. The number of phenols is 2. The van der Waals surface area contributed by atoms with E-state index in [0.717, 1.165) is 69.1 Å². The molecule has 2 N–H and O–H groups in total. The molecule has 0 bridgehead atoms. The zero-order valence-electron chi connectivity index (χ0n) is 18.3. The Morgan fingerprint density at radius 1 is 0.688 bits per heavy atom. The molecule has 5 nitrogen and oxygen atoms in total. The molecule has 0 amide bonds. The summed E-state index contributed by atoms with van der Waals surface area (Å²) in [5.74, 6) is -0.0104. The number of halogens is 3. The number of hydrogen-bond donors (Lipinski definition) is 2. The molecular formula is C24H31F3O5. The van der Waals surface area contributed by atoms with Gasteiger partial charge in [0.25, 0.3) is 0 Å². The van der Waals surface area contributed by atoms with E-state index in [4.69, 9.17) is 9.47 Å². The summed E-state index contributed by atoms with van der Waals surface area (Å²) in [4.78, 5) is 0.